The Morgan fingerprint density at radius 2 is 2.10 bits per heavy atom. The minimum Gasteiger partial charge on any atom is -0.258 e. The predicted molar refractivity (Wildman–Crippen MR) is 81.4 cm³/mol. The lowest BCUT2D eigenvalue weighted by Gasteiger charge is -2.00. The SMILES string of the molecule is O=[N+]([O-])c1ccc2nc(NS(=O)(=O)c3cccs3)sc2c1. The van der Waals surface area contributed by atoms with Crippen molar-refractivity contribution < 1.29 is 13.3 Å². The minimum absolute atomic E-state index is 0.0567. The molecule has 10 heteroatoms. The summed E-state index contributed by atoms with van der Waals surface area (Å²) in [5.74, 6) is 0. The third-order valence-electron chi connectivity index (χ3n) is 2.56. The third-order valence-corrected chi connectivity index (χ3v) is 6.36. The van der Waals surface area contributed by atoms with Crippen molar-refractivity contribution in [3.8, 4) is 0 Å². The average molecular weight is 341 g/mol. The summed E-state index contributed by atoms with van der Waals surface area (Å²) in [7, 11) is -3.66. The van der Waals surface area contributed by atoms with Gasteiger partial charge in [0.15, 0.2) is 5.13 Å². The number of hydrogen-bond acceptors (Lipinski definition) is 7. The van der Waals surface area contributed by atoms with Gasteiger partial charge in [0.05, 0.1) is 15.1 Å². The number of anilines is 1. The molecule has 0 radical (unpaired) electrons. The van der Waals surface area contributed by atoms with Crippen molar-refractivity contribution in [3.63, 3.8) is 0 Å². The molecule has 0 saturated heterocycles. The van der Waals surface area contributed by atoms with E-state index < -0.39 is 14.9 Å². The number of thiophene rings is 1. The molecule has 0 aliphatic heterocycles. The lowest BCUT2D eigenvalue weighted by atomic mass is 10.3. The number of nitro benzene ring substituents is 1. The number of nitro groups is 1. The highest BCUT2D eigenvalue weighted by atomic mass is 32.2. The van der Waals surface area contributed by atoms with Crippen molar-refractivity contribution >= 4 is 53.7 Å². The van der Waals surface area contributed by atoms with E-state index in [4.69, 9.17) is 0 Å². The molecule has 7 nitrogen and oxygen atoms in total. The van der Waals surface area contributed by atoms with Gasteiger partial charge in [0.25, 0.3) is 15.7 Å². The normalized spacial score (nSPS) is 11.6. The quantitative estimate of drug-likeness (QED) is 0.580. The molecule has 0 aliphatic carbocycles. The number of non-ortho nitro benzene ring substituents is 1. The molecule has 108 valence electrons. The van der Waals surface area contributed by atoms with Crippen LogP contribution in [-0.2, 0) is 10.0 Å². The summed E-state index contributed by atoms with van der Waals surface area (Å²) in [5, 5.41) is 12.6. The van der Waals surface area contributed by atoms with Crippen LogP contribution in [0.15, 0.2) is 39.9 Å². The van der Waals surface area contributed by atoms with Gasteiger partial charge in [-0.2, -0.15) is 0 Å². The zero-order valence-electron chi connectivity index (χ0n) is 10.2. The first-order valence-electron chi connectivity index (χ1n) is 5.57. The highest BCUT2D eigenvalue weighted by molar-refractivity contribution is 7.94. The van der Waals surface area contributed by atoms with E-state index in [-0.39, 0.29) is 15.0 Å². The number of nitrogens with one attached hydrogen (secondary N) is 1. The molecule has 0 atom stereocenters. The Morgan fingerprint density at radius 3 is 2.76 bits per heavy atom. The van der Waals surface area contributed by atoms with E-state index >= 15 is 0 Å². The number of hydrogen-bond donors (Lipinski definition) is 1. The van der Waals surface area contributed by atoms with Crippen molar-refractivity contribution in [2.24, 2.45) is 0 Å². The van der Waals surface area contributed by atoms with Crippen LogP contribution in [0.1, 0.15) is 0 Å². The molecule has 3 aromatic rings. The Balaban J connectivity index is 1.97. The Hall–Kier alpha value is -2.04. The van der Waals surface area contributed by atoms with E-state index in [1.807, 2.05) is 0 Å². The number of sulfonamides is 1. The largest absolute Gasteiger partial charge is 0.273 e. The second kappa shape index (κ2) is 5.06. The van der Waals surface area contributed by atoms with Crippen LogP contribution in [0.4, 0.5) is 10.8 Å². The van der Waals surface area contributed by atoms with Crippen LogP contribution in [0.2, 0.25) is 0 Å². The first-order chi connectivity index (χ1) is 9.95. The molecular formula is C11H7N3O4S3. The zero-order valence-corrected chi connectivity index (χ0v) is 12.7. The first kappa shape index (κ1) is 13.9. The average Bonchev–Trinajstić information content (AvgIpc) is 3.06. The summed E-state index contributed by atoms with van der Waals surface area (Å²) in [4.78, 5) is 14.3. The van der Waals surface area contributed by atoms with Crippen LogP contribution in [0, 0.1) is 10.1 Å². The maximum Gasteiger partial charge on any atom is 0.273 e. The smallest absolute Gasteiger partial charge is 0.258 e. The second-order valence-corrected chi connectivity index (χ2v) is 7.85. The van der Waals surface area contributed by atoms with Crippen molar-refractivity contribution in [2.75, 3.05) is 4.72 Å². The van der Waals surface area contributed by atoms with Gasteiger partial charge in [0.2, 0.25) is 0 Å². The Labute approximate surface area is 127 Å². The summed E-state index contributed by atoms with van der Waals surface area (Å²) in [6.07, 6.45) is 0. The fraction of sp³-hybridized carbons (Fsp3) is 0. The maximum absolute atomic E-state index is 12.1. The monoisotopic (exact) mass is 341 g/mol. The second-order valence-electron chi connectivity index (χ2n) is 3.97. The summed E-state index contributed by atoms with van der Waals surface area (Å²) >= 11 is 2.15. The molecule has 2 heterocycles. The van der Waals surface area contributed by atoms with Crippen LogP contribution in [0.3, 0.4) is 0 Å². The van der Waals surface area contributed by atoms with Crippen LogP contribution in [0.25, 0.3) is 10.2 Å². The van der Waals surface area contributed by atoms with Crippen LogP contribution < -0.4 is 4.72 Å². The number of nitrogens with zero attached hydrogens (tertiary/aromatic N) is 2. The molecule has 3 rings (SSSR count). The number of benzene rings is 1. The van der Waals surface area contributed by atoms with E-state index in [1.165, 1.54) is 24.3 Å². The fourth-order valence-electron chi connectivity index (χ4n) is 1.65. The van der Waals surface area contributed by atoms with Gasteiger partial charge in [-0.3, -0.25) is 14.8 Å². The molecule has 0 spiro atoms. The van der Waals surface area contributed by atoms with Crippen LogP contribution >= 0.6 is 22.7 Å². The number of rotatable bonds is 4. The predicted octanol–water partition coefficient (Wildman–Crippen LogP) is 3.07. The molecule has 2 aromatic heterocycles. The third kappa shape index (κ3) is 2.73. The fourth-order valence-corrected chi connectivity index (χ4v) is 4.78. The topological polar surface area (TPSA) is 102 Å². The molecule has 0 fully saturated rings. The summed E-state index contributed by atoms with van der Waals surface area (Å²) in [6, 6.07) is 7.33. The van der Waals surface area contributed by atoms with Gasteiger partial charge in [0, 0.05) is 12.1 Å². The molecule has 0 unspecified atom stereocenters. The molecular weight excluding hydrogens is 334 g/mol. The van der Waals surface area contributed by atoms with E-state index in [2.05, 4.69) is 9.71 Å². The van der Waals surface area contributed by atoms with Gasteiger partial charge in [-0.1, -0.05) is 17.4 Å². The van der Waals surface area contributed by atoms with Crippen molar-refractivity contribution in [2.45, 2.75) is 4.21 Å². The van der Waals surface area contributed by atoms with Crippen molar-refractivity contribution in [1.29, 1.82) is 0 Å². The molecule has 0 bridgehead atoms. The van der Waals surface area contributed by atoms with E-state index in [0.29, 0.717) is 10.2 Å². The van der Waals surface area contributed by atoms with Crippen molar-refractivity contribution in [3.05, 3.63) is 45.8 Å². The molecule has 0 amide bonds. The summed E-state index contributed by atoms with van der Waals surface area (Å²) in [5.41, 5.74) is 0.452. The van der Waals surface area contributed by atoms with Gasteiger partial charge in [-0.15, -0.1) is 11.3 Å². The first-order valence-corrected chi connectivity index (χ1v) is 8.75. The van der Waals surface area contributed by atoms with Crippen LogP contribution in [-0.4, -0.2) is 18.3 Å². The summed E-state index contributed by atoms with van der Waals surface area (Å²) < 4.78 is 27.3. The van der Waals surface area contributed by atoms with Crippen molar-refractivity contribution in [1.82, 2.24) is 4.98 Å². The zero-order chi connectivity index (χ0) is 15.0. The van der Waals surface area contributed by atoms with E-state index in [0.717, 1.165) is 22.7 Å². The van der Waals surface area contributed by atoms with Gasteiger partial charge >= 0.3 is 0 Å². The number of aromatic nitrogens is 1. The van der Waals surface area contributed by atoms with Gasteiger partial charge in [0.1, 0.15) is 4.21 Å². The molecule has 0 saturated carbocycles. The Bertz CT molecular complexity index is 916. The van der Waals surface area contributed by atoms with Gasteiger partial charge < -0.3 is 0 Å². The Kier molecular flexibility index (Phi) is 3.35. The molecule has 1 aromatic carbocycles. The minimum atomic E-state index is -3.66. The maximum atomic E-state index is 12.1. The van der Waals surface area contributed by atoms with Gasteiger partial charge in [-0.05, 0) is 17.5 Å². The summed E-state index contributed by atoms with van der Waals surface area (Å²) in [6.45, 7) is 0. The lowest BCUT2D eigenvalue weighted by molar-refractivity contribution is -0.384. The Morgan fingerprint density at radius 1 is 1.29 bits per heavy atom. The lowest BCUT2D eigenvalue weighted by Crippen LogP contribution is -2.10. The van der Waals surface area contributed by atoms with Crippen LogP contribution in [0.5, 0.6) is 0 Å². The molecule has 0 aliphatic rings. The molecule has 1 N–H and O–H groups in total. The van der Waals surface area contributed by atoms with E-state index in [9.17, 15) is 18.5 Å². The highest BCUT2D eigenvalue weighted by Crippen LogP contribution is 2.30. The van der Waals surface area contributed by atoms with Gasteiger partial charge in [-0.25, -0.2) is 13.4 Å². The standard InChI is InChI=1S/C11H7N3O4S3/c15-14(16)7-3-4-8-9(6-7)20-11(12-8)13-21(17,18)10-2-1-5-19-10/h1-6H,(H,12,13). The highest BCUT2D eigenvalue weighted by Gasteiger charge is 2.18. The van der Waals surface area contributed by atoms with E-state index in [1.54, 1.807) is 11.4 Å². The molecule has 21 heavy (non-hydrogen) atoms. The number of thiazole rings is 1. The number of fused-ring (bicyclic) bond motifs is 1.